The van der Waals surface area contributed by atoms with Crippen LogP contribution in [0.15, 0.2) is 46.3 Å². The number of aliphatic imine (C=N–C) groups is 1. The fraction of sp³-hybridized carbons (Fsp3) is 0.364. The van der Waals surface area contributed by atoms with Gasteiger partial charge in [0.15, 0.2) is 5.82 Å². The zero-order valence-corrected chi connectivity index (χ0v) is 16.7. The van der Waals surface area contributed by atoms with Gasteiger partial charge >= 0.3 is 0 Å². The van der Waals surface area contributed by atoms with Crippen molar-refractivity contribution in [2.24, 2.45) is 4.99 Å². The summed E-state index contributed by atoms with van der Waals surface area (Å²) in [5, 5.41) is 4.27. The Hall–Kier alpha value is -2.44. The molecule has 0 bridgehead atoms. The van der Waals surface area contributed by atoms with Crippen LogP contribution in [0.3, 0.4) is 0 Å². The van der Waals surface area contributed by atoms with Gasteiger partial charge in [-0.15, -0.1) is 0 Å². The molecule has 6 heteroatoms. The van der Waals surface area contributed by atoms with Gasteiger partial charge in [0.05, 0.1) is 17.1 Å². The van der Waals surface area contributed by atoms with Gasteiger partial charge in [-0.2, -0.15) is 11.3 Å². The van der Waals surface area contributed by atoms with Crippen LogP contribution in [0.4, 0.5) is 0 Å². The van der Waals surface area contributed by atoms with E-state index in [4.69, 9.17) is 4.98 Å². The fourth-order valence-electron chi connectivity index (χ4n) is 3.99. The van der Waals surface area contributed by atoms with Crippen molar-refractivity contribution < 1.29 is 0 Å². The Labute approximate surface area is 169 Å². The lowest BCUT2D eigenvalue weighted by Gasteiger charge is -2.28. The van der Waals surface area contributed by atoms with E-state index in [1.165, 1.54) is 35.2 Å². The molecule has 0 saturated carbocycles. The quantitative estimate of drug-likeness (QED) is 0.673. The summed E-state index contributed by atoms with van der Waals surface area (Å²) in [5.74, 6) is 0.846. The van der Waals surface area contributed by atoms with E-state index < -0.39 is 0 Å². The first kappa shape index (κ1) is 17.6. The van der Waals surface area contributed by atoms with Gasteiger partial charge in [-0.05, 0) is 42.3 Å². The summed E-state index contributed by atoms with van der Waals surface area (Å²) < 4.78 is 0. The molecule has 5 heterocycles. The van der Waals surface area contributed by atoms with Crippen LogP contribution in [0.2, 0.25) is 0 Å². The highest BCUT2D eigenvalue weighted by molar-refractivity contribution is 7.08. The molecule has 0 saturated heterocycles. The molecule has 5 nitrogen and oxygen atoms in total. The molecule has 3 aromatic rings. The third-order valence-corrected chi connectivity index (χ3v) is 6.16. The molecule has 0 radical (unpaired) electrons. The predicted molar refractivity (Wildman–Crippen MR) is 113 cm³/mol. The van der Waals surface area contributed by atoms with Crippen LogP contribution in [0.1, 0.15) is 41.9 Å². The van der Waals surface area contributed by atoms with Crippen LogP contribution in [0.25, 0.3) is 11.3 Å². The molecule has 28 heavy (non-hydrogen) atoms. The first-order chi connectivity index (χ1) is 13.9. The Morgan fingerprint density at radius 1 is 1.11 bits per heavy atom. The standard InChI is InChI=1S/C22H23N5S/c1-2-8-23-20(5-1)22-25-12-18-14-27(10-6-19(18)26-22)13-16-4-3-9-24-21(16)17-7-11-28-15-17/h3-4,7,9,11-12,15H,1-2,5-6,8,10,13-14H2. The van der Waals surface area contributed by atoms with Crippen molar-refractivity contribution in [2.75, 3.05) is 13.1 Å². The van der Waals surface area contributed by atoms with E-state index in [-0.39, 0.29) is 0 Å². The summed E-state index contributed by atoms with van der Waals surface area (Å²) in [7, 11) is 0. The van der Waals surface area contributed by atoms with Gasteiger partial charge in [0.25, 0.3) is 0 Å². The minimum Gasteiger partial charge on any atom is -0.294 e. The summed E-state index contributed by atoms with van der Waals surface area (Å²) in [4.78, 5) is 21.2. The third kappa shape index (κ3) is 3.62. The molecule has 0 aliphatic carbocycles. The number of nitrogens with zero attached hydrogens (tertiary/aromatic N) is 5. The molecule has 2 aliphatic rings. The molecule has 0 atom stereocenters. The molecule has 142 valence electrons. The van der Waals surface area contributed by atoms with Gasteiger partial charge in [0.2, 0.25) is 0 Å². The molecule has 0 spiro atoms. The topological polar surface area (TPSA) is 54.3 Å². The van der Waals surface area contributed by atoms with Gasteiger partial charge in [0, 0.05) is 61.5 Å². The second kappa shape index (κ2) is 7.89. The highest BCUT2D eigenvalue weighted by Crippen LogP contribution is 2.26. The lowest BCUT2D eigenvalue weighted by molar-refractivity contribution is 0.243. The highest BCUT2D eigenvalue weighted by atomic mass is 32.1. The molecule has 0 N–H and O–H groups in total. The van der Waals surface area contributed by atoms with Gasteiger partial charge in [0.1, 0.15) is 0 Å². The van der Waals surface area contributed by atoms with Gasteiger partial charge in [-0.3, -0.25) is 14.9 Å². The molecular weight excluding hydrogens is 366 g/mol. The van der Waals surface area contributed by atoms with Crippen molar-refractivity contribution in [2.45, 2.75) is 38.8 Å². The van der Waals surface area contributed by atoms with Crippen molar-refractivity contribution in [3.05, 3.63) is 64.0 Å². The van der Waals surface area contributed by atoms with Crippen molar-refractivity contribution in [3.63, 3.8) is 0 Å². The predicted octanol–water partition coefficient (Wildman–Crippen LogP) is 4.13. The molecule has 3 aromatic heterocycles. The van der Waals surface area contributed by atoms with Crippen LogP contribution in [0.5, 0.6) is 0 Å². The lowest BCUT2D eigenvalue weighted by atomic mass is 10.0. The summed E-state index contributed by atoms with van der Waals surface area (Å²) in [6.07, 6.45) is 8.26. The van der Waals surface area contributed by atoms with Gasteiger partial charge < -0.3 is 0 Å². The zero-order valence-electron chi connectivity index (χ0n) is 15.8. The number of fused-ring (bicyclic) bond motifs is 1. The summed E-state index contributed by atoms with van der Waals surface area (Å²) in [6.45, 7) is 3.71. The molecule has 0 aromatic carbocycles. The summed E-state index contributed by atoms with van der Waals surface area (Å²) in [6, 6.07) is 6.37. The van der Waals surface area contributed by atoms with E-state index in [0.717, 1.165) is 56.3 Å². The molecule has 0 unspecified atom stereocenters. The van der Waals surface area contributed by atoms with Crippen molar-refractivity contribution in [1.29, 1.82) is 0 Å². The average Bonchev–Trinajstić information content (AvgIpc) is 3.29. The lowest BCUT2D eigenvalue weighted by Crippen LogP contribution is -2.31. The van der Waals surface area contributed by atoms with Crippen LogP contribution in [-0.4, -0.2) is 38.7 Å². The van der Waals surface area contributed by atoms with E-state index in [0.29, 0.717) is 0 Å². The number of hydrogen-bond acceptors (Lipinski definition) is 6. The SMILES string of the molecule is c1cnc(-c2ccsc2)c(CN2CCc3nc(C4=NCCCC4)ncc3C2)c1. The number of rotatable bonds is 4. The maximum Gasteiger partial charge on any atom is 0.173 e. The molecule has 0 fully saturated rings. The minimum absolute atomic E-state index is 0.846. The smallest absolute Gasteiger partial charge is 0.173 e. The Balaban J connectivity index is 1.34. The number of pyridine rings is 1. The normalized spacial score (nSPS) is 17.2. The summed E-state index contributed by atoms with van der Waals surface area (Å²) in [5.41, 5.74) is 7.10. The Morgan fingerprint density at radius 2 is 2.11 bits per heavy atom. The van der Waals surface area contributed by atoms with E-state index in [9.17, 15) is 0 Å². The Kier molecular flexibility index (Phi) is 4.97. The maximum atomic E-state index is 4.86. The van der Waals surface area contributed by atoms with Gasteiger partial charge in [-0.1, -0.05) is 6.07 Å². The fourth-order valence-corrected chi connectivity index (χ4v) is 4.64. The third-order valence-electron chi connectivity index (χ3n) is 5.48. The van der Waals surface area contributed by atoms with Crippen LogP contribution in [0, 0.1) is 0 Å². The summed E-state index contributed by atoms with van der Waals surface area (Å²) >= 11 is 1.71. The number of aromatic nitrogens is 3. The van der Waals surface area contributed by atoms with Crippen LogP contribution < -0.4 is 0 Å². The Morgan fingerprint density at radius 3 is 2.96 bits per heavy atom. The number of hydrogen-bond donors (Lipinski definition) is 0. The van der Waals surface area contributed by atoms with Crippen molar-refractivity contribution in [3.8, 4) is 11.3 Å². The van der Waals surface area contributed by atoms with Crippen molar-refractivity contribution >= 4 is 17.0 Å². The largest absolute Gasteiger partial charge is 0.294 e. The minimum atomic E-state index is 0.846. The molecule has 0 amide bonds. The molecule has 5 rings (SSSR count). The Bertz CT molecular complexity index is 996. The molecule has 2 aliphatic heterocycles. The highest BCUT2D eigenvalue weighted by Gasteiger charge is 2.21. The van der Waals surface area contributed by atoms with Gasteiger partial charge in [-0.25, -0.2) is 9.97 Å². The zero-order chi connectivity index (χ0) is 18.8. The maximum absolute atomic E-state index is 4.86. The first-order valence-corrected chi connectivity index (χ1v) is 10.9. The first-order valence-electron chi connectivity index (χ1n) is 9.94. The van der Waals surface area contributed by atoms with E-state index in [2.05, 4.69) is 42.8 Å². The van der Waals surface area contributed by atoms with E-state index in [1.54, 1.807) is 11.3 Å². The van der Waals surface area contributed by atoms with Crippen LogP contribution >= 0.6 is 11.3 Å². The second-order valence-electron chi connectivity index (χ2n) is 7.43. The monoisotopic (exact) mass is 389 g/mol. The van der Waals surface area contributed by atoms with E-state index in [1.807, 2.05) is 18.5 Å². The van der Waals surface area contributed by atoms with Crippen molar-refractivity contribution in [1.82, 2.24) is 19.9 Å². The second-order valence-corrected chi connectivity index (χ2v) is 8.21. The van der Waals surface area contributed by atoms with Crippen LogP contribution in [-0.2, 0) is 19.5 Å². The molecular formula is C22H23N5S. The number of thiophene rings is 1. The van der Waals surface area contributed by atoms with E-state index >= 15 is 0 Å². The average molecular weight is 390 g/mol.